The summed E-state index contributed by atoms with van der Waals surface area (Å²) in [4.78, 5) is 24.2. The van der Waals surface area contributed by atoms with E-state index in [1.165, 1.54) is 17.7 Å². The van der Waals surface area contributed by atoms with Crippen molar-refractivity contribution >= 4 is 23.7 Å². The lowest BCUT2D eigenvalue weighted by atomic mass is 10.4. The molecule has 3 amide bonds. The van der Waals surface area contributed by atoms with Crippen LogP contribution >= 0.6 is 11.8 Å². The Hall–Kier alpha value is -1.83. The molecule has 7 nitrogen and oxygen atoms in total. The van der Waals surface area contributed by atoms with Crippen molar-refractivity contribution in [3.05, 3.63) is 18.5 Å². The van der Waals surface area contributed by atoms with E-state index in [1.54, 1.807) is 11.8 Å². The van der Waals surface area contributed by atoms with Crippen LogP contribution < -0.4 is 5.32 Å². The molecule has 3 rings (SSSR count). The van der Waals surface area contributed by atoms with Gasteiger partial charge in [0.15, 0.2) is 5.16 Å². The van der Waals surface area contributed by atoms with Gasteiger partial charge in [-0.05, 0) is 19.3 Å². The Morgan fingerprint density at radius 2 is 2.18 bits per heavy atom. The minimum atomic E-state index is -0.291. The fourth-order valence-electron chi connectivity index (χ4n) is 2.42. The number of nitrogens with zero attached hydrogens (tertiary/aromatic N) is 4. The van der Waals surface area contributed by atoms with Crippen LogP contribution in [0.1, 0.15) is 31.0 Å². The highest BCUT2D eigenvalue weighted by atomic mass is 32.2. The predicted octanol–water partition coefficient (Wildman–Crippen LogP) is 1.38. The summed E-state index contributed by atoms with van der Waals surface area (Å²) in [6, 6.07) is -0.291. The van der Waals surface area contributed by atoms with Crippen molar-refractivity contribution in [1.82, 2.24) is 25.0 Å². The van der Waals surface area contributed by atoms with Crippen molar-refractivity contribution in [3.8, 4) is 0 Å². The Morgan fingerprint density at radius 3 is 2.82 bits per heavy atom. The summed E-state index contributed by atoms with van der Waals surface area (Å²) in [5.74, 6) is 2.24. The number of thioether (sulfide) groups is 1. The second-order valence-corrected chi connectivity index (χ2v) is 6.48. The zero-order valence-electron chi connectivity index (χ0n) is 12.3. The van der Waals surface area contributed by atoms with Gasteiger partial charge in [-0.2, -0.15) is 0 Å². The molecular weight excluding hydrogens is 302 g/mol. The molecule has 0 spiro atoms. The summed E-state index contributed by atoms with van der Waals surface area (Å²) in [7, 11) is 0. The Labute approximate surface area is 133 Å². The highest BCUT2D eigenvalue weighted by molar-refractivity contribution is 7.99. The number of amides is 3. The molecule has 118 valence electrons. The lowest BCUT2D eigenvalue weighted by Gasteiger charge is -2.11. The van der Waals surface area contributed by atoms with Crippen LogP contribution in [0.2, 0.25) is 0 Å². The third kappa shape index (κ3) is 3.16. The minimum Gasteiger partial charge on any atom is -0.329 e. The molecule has 22 heavy (non-hydrogen) atoms. The molecule has 8 heteroatoms. The molecule has 1 aromatic rings. The van der Waals surface area contributed by atoms with Gasteiger partial charge in [-0.1, -0.05) is 17.8 Å². The fraction of sp³-hybridized carbons (Fsp3) is 0.571. The average Bonchev–Trinajstić information content (AvgIpc) is 3.20. The van der Waals surface area contributed by atoms with Crippen molar-refractivity contribution in [2.45, 2.75) is 36.9 Å². The molecule has 0 atom stereocenters. The molecule has 1 aliphatic heterocycles. The second kappa shape index (κ2) is 6.51. The van der Waals surface area contributed by atoms with Gasteiger partial charge in [-0.25, -0.2) is 4.79 Å². The van der Waals surface area contributed by atoms with Crippen molar-refractivity contribution in [3.63, 3.8) is 0 Å². The van der Waals surface area contributed by atoms with Gasteiger partial charge in [-0.15, -0.1) is 16.8 Å². The van der Waals surface area contributed by atoms with Crippen molar-refractivity contribution < 1.29 is 9.59 Å². The molecule has 1 saturated heterocycles. The zero-order chi connectivity index (χ0) is 15.5. The molecule has 1 N–H and O–H groups in total. The van der Waals surface area contributed by atoms with Gasteiger partial charge in [0.1, 0.15) is 5.82 Å². The first-order valence-corrected chi connectivity index (χ1v) is 8.44. The number of carbonyl (C=O) groups excluding carboxylic acids is 2. The highest BCUT2D eigenvalue weighted by Crippen LogP contribution is 2.40. The average molecular weight is 321 g/mol. The van der Waals surface area contributed by atoms with E-state index in [2.05, 4.69) is 26.7 Å². The number of hydrogen-bond donors (Lipinski definition) is 1. The van der Waals surface area contributed by atoms with E-state index in [9.17, 15) is 9.59 Å². The molecule has 0 unspecified atom stereocenters. The first-order valence-electron chi connectivity index (χ1n) is 7.45. The second-order valence-electron chi connectivity index (χ2n) is 5.42. The van der Waals surface area contributed by atoms with Gasteiger partial charge in [0, 0.05) is 24.8 Å². The van der Waals surface area contributed by atoms with Crippen LogP contribution in [0.15, 0.2) is 17.8 Å². The molecule has 1 aliphatic carbocycles. The first-order chi connectivity index (χ1) is 10.7. The van der Waals surface area contributed by atoms with E-state index in [-0.39, 0.29) is 18.5 Å². The Balaban J connectivity index is 1.52. The molecule has 2 aliphatic rings. The van der Waals surface area contributed by atoms with E-state index in [0.717, 1.165) is 23.2 Å². The maximum atomic E-state index is 11.5. The lowest BCUT2D eigenvalue weighted by molar-refractivity contribution is -0.124. The fourth-order valence-corrected chi connectivity index (χ4v) is 3.30. The topological polar surface area (TPSA) is 80.1 Å². The summed E-state index contributed by atoms with van der Waals surface area (Å²) in [5.41, 5.74) is 0. The Morgan fingerprint density at radius 1 is 1.36 bits per heavy atom. The SMILES string of the molecule is C=CCn1c(SCCCN2C(=O)CNC2=O)nnc1C1CC1. The third-order valence-electron chi connectivity index (χ3n) is 3.69. The standard InChI is InChI=1S/C14H19N5O2S/c1-2-6-19-12(10-4-5-10)16-17-14(19)22-8-3-7-18-11(20)9-15-13(18)21/h2,10H,1,3-9H2,(H,15,21). The summed E-state index contributed by atoms with van der Waals surface area (Å²) in [6.07, 6.45) is 4.97. The van der Waals surface area contributed by atoms with Crippen LogP contribution in [0.25, 0.3) is 0 Å². The monoisotopic (exact) mass is 321 g/mol. The normalized spacial score (nSPS) is 17.9. The third-order valence-corrected chi connectivity index (χ3v) is 4.75. The summed E-state index contributed by atoms with van der Waals surface area (Å²) >= 11 is 1.61. The first kappa shape index (κ1) is 15.1. The van der Waals surface area contributed by atoms with Gasteiger partial charge < -0.3 is 9.88 Å². The number of rotatable bonds is 8. The Bertz CT molecular complexity index is 580. The van der Waals surface area contributed by atoms with Crippen LogP contribution in [0.5, 0.6) is 0 Å². The number of allylic oxidation sites excluding steroid dienone is 1. The van der Waals surface area contributed by atoms with Crippen LogP contribution in [-0.2, 0) is 11.3 Å². The molecule has 2 fully saturated rings. The van der Waals surface area contributed by atoms with Crippen LogP contribution in [0, 0.1) is 0 Å². The zero-order valence-corrected chi connectivity index (χ0v) is 13.1. The quantitative estimate of drug-likeness (QED) is 0.339. The number of hydrogen-bond acceptors (Lipinski definition) is 5. The summed E-state index contributed by atoms with van der Waals surface area (Å²) < 4.78 is 2.11. The molecular formula is C14H19N5O2S. The van der Waals surface area contributed by atoms with E-state index < -0.39 is 0 Å². The molecule has 2 heterocycles. The number of imide groups is 1. The predicted molar refractivity (Wildman–Crippen MR) is 82.6 cm³/mol. The van der Waals surface area contributed by atoms with Crippen molar-refractivity contribution in [1.29, 1.82) is 0 Å². The smallest absolute Gasteiger partial charge is 0.324 e. The van der Waals surface area contributed by atoms with Crippen LogP contribution in [0.3, 0.4) is 0 Å². The van der Waals surface area contributed by atoms with E-state index in [1.807, 2.05) is 6.08 Å². The van der Waals surface area contributed by atoms with Crippen LogP contribution in [0.4, 0.5) is 4.79 Å². The molecule has 0 bridgehead atoms. The van der Waals surface area contributed by atoms with E-state index in [4.69, 9.17) is 0 Å². The molecule has 1 aromatic heterocycles. The summed E-state index contributed by atoms with van der Waals surface area (Å²) in [6.45, 7) is 5.07. The van der Waals surface area contributed by atoms with Crippen molar-refractivity contribution in [2.24, 2.45) is 0 Å². The maximum Gasteiger partial charge on any atom is 0.324 e. The maximum absolute atomic E-state index is 11.5. The molecule has 0 aromatic carbocycles. The van der Waals surface area contributed by atoms with Gasteiger partial charge >= 0.3 is 6.03 Å². The largest absolute Gasteiger partial charge is 0.329 e. The number of urea groups is 1. The molecule has 1 saturated carbocycles. The Kier molecular flexibility index (Phi) is 4.47. The van der Waals surface area contributed by atoms with Gasteiger partial charge in [0.2, 0.25) is 5.91 Å². The van der Waals surface area contributed by atoms with Gasteiger partial charge in [0.05, 0.1) is 6.54 Å². The molecule has 0 radical (unpaired) electrons. The number of aromatic nitrogens is 3. The number of carbonyl (C=O) groups is 2. The van der Waals surface area contributed by atoms with Crippen molar-refractivity contribution in [2.75, 3.05) is 18.8 Å². The van der Waals surface area contributed by atoms with Gasteiger partial charge in [-0.3, -0.25) is 9.69 Å². The minimum absolute atomic E-state index is 0.115. The van der Waals surface area contributed by atoms with E-state index in [0.29, 0.717) is 19.0 Å². The number of nitrogens with one attached hydrogen (secondary N) is 1. The van der Waals surface area contributed by atoms with Crippen LogP contribution in [-0.4, -0.2) is 50.4 Å². The lowest BCUT2D eigenvalue weighted by Crippen LogP contribution is -2.32. The summed E-state index contributed by atoms with van der Waals surface area (Å²) in [5, 5.41) is 12.0. The highest BCUT2D eigenvalue weighted by Gasteiger charge is 2.30. The van der Waals surface area contributed by atoms with E-state index >= 15 is 0 Å². The van der Waals surface area contributed by atoms with Gasteiger partial charge in [0.25, 0.3) is 0 Å².